The number of H-pyrrole nitrogens is 1. The van der Waals surface area contributed by atoms with Crippen LogP contribution in [-0.2, 0) is 15.3 Å². The van der Waals surface area contributed by atoms with Gasteiger partial charge in [-0.15, -0.1) is 0 Å². The van der Waals surface area contributed by atoms with Crippen molar-refractivity contribution >= 4 is 35.1 Å². The molecule has 0 radical (unpaired) electrons. The summed E-state index contributed by atoms with van der Waals surface area (Å²) in [4.78, 5) is 45.4. The predicted molar refractivity (Wildman–Crippen MR) is 126 cm³/mol. The van der Waals surface area contributed by atoms with Gasteiger partial charge < -0.3 is 15.6 Å². The van der Waals surface area contributed by atoms with Gasteiger partial charge in [-0.2, -0.15) is 0 Å². The summed E-state index contributed by atoms with van der Waals surface area (Å²) in [5, 5.41) is 5.90. The predicted octanol–water partition coefficient (Wildman–Crippen LogP) is 4.05. The summed E-state index contributed by atoms with van der Waals surface area (Å²) < 4.78 is 0. The number of carbonyl (C=O) groups excluding carboxylic acids is 2. The van der Waals surface area contributed by atoms with Crippen LogP contribution in [0.1, 0.15) is 40.2 Å². The van der Waals surface area contributed by atoms with Gasteiger partial charge in [-0.25, -0.2) is 4.98 Å². The number of thioether (sulfide) groups is 1. The molecule has 0 bridgehead atoms. The molecule has 0 unspecified atom stereocenters. The summed E-state index contributed by atoms with van der Waals surface area (Å²) in [5.41, 5.74) is 4.68. The number of aromatic amines is 1. The Bertz CT molecular complexity index is 1270. The number of fused-ring (bicyclic) bond motifs is 1. The van der Waals surface area contributed by atoms with E-state index < -0.39 is 17.4 Å². The van der Waals surface area contributed by atoms with Gasteiger partial charge >= 0.3 is 0 Å². The fourth-order valence-electron chi connectivity index (χ4n) is 3.77. The Morgan fingerprint density at radius 3 is 2.66 bits per heavy atom. The Hall–Kier alpha value is -3.39. The molecule has 0 saturated heterocycles. The number of hydrogen-bond acceptors (Lipinski definition) is 5. The van der Waals surface area contributed by atoms with E-state index in [0.717, 1.165) is 22.3 Å². The first kappa shape index (κ1) is 21.8. The first-order chi connectivity index (χ1) is 15.3. The van der Waals surface area contributed by atoms with Crippen molar-refractivity contribution in [3.63, 3.8) is 0 Å². The quantitative estimate of drug-likeness (QED) is 0.403. The van der Waals surface area contributed by atoms with Crippen LogP contribution in [0.2, 0.25) is 0 Å². The molecule has 0 saturated carbocycles. The van der Waals surface area contributed by atoms with E-state index in [1.807, 2.05) is 57.2 Å². The summed E-state index contributed by atoms with van der Waals surface area (Å²) in [5.74, 6) is -0.885. The Balaban J connectivity index is 1.58. The number of carbonyl (C=O) groups is 2. The molecule has 0 aliphatic carbocycles. The van der Waals surface area contributed by atoms with Crippen LogP contribution in [-0.4, -0.2) is 21.8 Å². The van der Waals surface area contributed by atoms with Gasteiger partial charge in [0, 0.05) is 17.9 Å². The molecule has 2 heterocycles. The maximum Gasteiger partial charge on any atom is 0.257 e. The van der Waals surface area contributed by atoms with Crippen LogP contribution in [0.5, 0.6) is 0 Å². The van der Waals surface area contributed by atoms with E-state index in [-0.39, 0.29) is 23.7 Å². The molecule has 0 spiro atoms. The van der Waals surface area contributed by atoms with Gasteiger partial charge in [0.2, 0.25) is 11.8 Å². The first-order valence-corrected chi connectivity index (χ1v) is 11.3. The number of rotatable bonds is 5. The maximum atomic E-state index is 13.0. The highest BCUT2D eigenvalue weighted by Gasteiger charge is 2.35. The number of nitrogens with one attached hydrogen (secondary N) is 3. The summed E-state index contributed by atoms with van der Waals surface area (Å²) in [6.07, 6.45) is -0.107. The summed E-state index contributed by atoms with van der Waals surface area (Å²) in [7, 11) is 0. The largest absolute Gasteiger partial charge is 0.325 e. The second kappa shape index (κ2) is 9.00. The molecule has 1 atom stereocenters. The van der Waals surface area contributed by atoms with Crippen molar-refractivity contribution in [2.75, 3.05) is 10.6 Å². The van der Waals surface area contributed by atoms with E-state index in [1.54, 1.807) is 0 Å². The van der Waals surface area contributed by atoms with E-state index in [0.29, 0.717) is 16.6 Å². The third-order valence-corrected chi connectivity index (χ3v) is 6.29. The van der Waals surface area contributed by atoms with Crippen molar-refractivity contribution in [3.05, 3.63) is 80.6 Å². The number of benzene rings is 2. The SMILES string of the molecule is Cc1cccc(CSc2nc3c(c(=O)[nH]2)[C@@H](C(=O)Nc2ccc(C)cc2C)CC(=O)N3)c1. The fraction of sp³-hybridized carbons (Fsp3) is 0.250. The van der Waals surface area contributed by atoms with E-state index in [9.17, 15) is 14.4 Å². The van der Waals surface area contributed by atoms with E-state index in [1.165, 1.54) is 11.8 Å². The van der Waals surface area contributed by atoms with Crippen molar-refractivity contribution in [2.45, 2.75) is 44.0 Å². The Morgan fingerprint density at radius 2 is 1.91 bits per heavy atom. The van der Waals surface area contributed by atoms with Gasteiger partial charge in [0.1, 0.15) is 5.82 Å². The molecule has 2 aromatic carbocycles. The zero-order chi connectivity index (χ0) is 22.8. The van der Waals surface area contributed by atoms with Crippen molar-refractivity contribution in [1.82, 2.24) is 9.97 Å². The average molecular weight is 449 g/mol. The highest BCUT2D eigenvalue weighted by Crippen LogP contribution is 2.31. The minimum atomic E-state index is -0.911. The van der Waals surface area contributed by atoms with Gasteiger partial charge in [-0.3, -0.25) is 14.4 Å². The Kier molecular flexibility index (Phi) is 6.14. The number of aromatic nitrogens is 2. The smallest absolute Gasteiger partial charge is 0.257 e. The Labute approximate surface area is 190 Å². The molecule has 3 aromatic rings. The lowest BCUT2D eigenvalue weighted by Crippen LogP contribution is -2.36. The lowest BCUT2D eigenvalue weighted by Gasteiger charge is -2.24. The van der Waals surface area contributed by atoms with Gasteiger partial charge in [0.05, 0.1) is 11.5 Å². The number of amides is 2. The van der Waals surface area contributed by atoms with Crippen molar-refractivity contribution in [3.8, 4) is 0 Å². The molecule has 1 aliphatic rings. The number of anilines is 2. The second-order valence-electron chi connectivity index (χ2n) is 8.02. The number of nitrogens with zero attached hydrogens (tertiary/aromatic N) is 1. The van der Waals surface area contributed by atoms with Crippen LogP contribution in [0.4, 0.5) is 11.5 Å². The van der Waals surface area contributed by atoms with Crippen LogP contribution >= 0.6 is 11.8 Å². The minimum Gasteiger partial charge on any atom is -0.325 e. The third kappa shape index (κ3) is 4.75. The molecule has 8 heteroatoms. The van der Waals surface area contributed by atoms with Crippen LogP contribution in [0.15, 0.2) is 52.4 Å². The van der Waals surface area contributed by atoms with Crippen LogP contribution < -0.4 is 16.2 Å². The number of aryl methyl sites for hydroxylation is 3. The van der Waals surface area contributed by atoms with Crippen LogP contribution in [0, 0.1) is 20.8 Å². The molecule has 1 aromatic heterocycles. The van der Waals surface area contributed by atoms with E-state index in [4.69, 9.17) is 0 Å². The number of hydrogen-bond donors (Lipinski definition) is 3. The van der Waals surface area contributed by atoms with Gasteiger partial charge in [0.15, 0.2) is 5.16 Å². The molecule has 164 valence electrons. The molecule has 32 heavy (non-hydrogen) atoms. The lowest BCUT2D eigenvalue weighted by molar-refractivity contribution is -0.123. The topological polar surface area (TPSA) is 104 Å². The zero-order valence-corrected chi connectivity index (χ0v) is 18.9. The fourth-order valence-corrected chi connectivity index (χ4v) is 4.57. The van der Waals surface area contributed by atoms with Crippen LogP contribution in [0.3, 0.4) is 0 Å². The molecular weight excluding hydrogens is 424 g/mol. The maximum absolute atomic E-state index is 13.0. The lowest BCUT2D eigenvalue weighted by atomic mass is 9.92. The third-order valence-electron chi connectivity index (χ3n) is 5.34. The standard InChI is InChI=1S/C24H24N4O3S/c1-13-5-4-6-16(10-13)12-32-24-27-21-20(23(31)28-24)17(11-19(29)26-21)22(30)25-18-8-7-14(2)9-15(18)3/h4-10,17H,11-12H2,1-3H3,(H,25,30)(H2,26,27,28,29,31)/t17-/m0/s1. The van der Waals surface area contributed by atoms with E-state index in [2.05, 4.69) is 26.7 Å². The monoisotopic (exact) mass is 448 g/mol. The Morgan fingerprint density at radius 1 is 1.12 bits per heavy atom. The van der Waals surface area contributed by atoms with Crippen molar-refractivity contribution in [1.29, 1.82) is 0 Å². The van der Waals surface area contributed by atoms with Gasteiger partial charge in [-0.05, 0) is 38.0 Å². The molecule has 1 aliphatic heterocycles. The molecule has 2 amide bonds. The van der Waals surface area contributed by atoms with Crippen molar-refractivity contribution < 1.29 is 9.59 Å². The highest BCUT2D eigenvalue weighted by molar-refractivity contribution is 7.98. The molecule has 7 nitrogen and oxygen atoms in total. The molecule has 4 rings (SSSR count). The summed E-state index contributed by atoms with van der Waals surface area (Å²) in [6, 6.07) is 13.8. The normalized spacial score (nSPS) is 15.1. The first-order valence-electron chi connectivity index (χ1n) is 10.3. The molecular formula is C24H24N4O3S. The molecule has 0 fully saturated rings. The highest BCUT2D eigenvalue weighted by atomic mass is 32.2. The van der Waals surface area contributed by atoms with Gasteiger partial charge in [0.25, 0.3) is 5.56 Å². The van der Waals surface area contributed by atoms with E-state index >= 15 is 0 Å². The van der Waals surface area contributed by atoms with Gasteiger partial charge in [-0.1, -0.05) is 59.3 Å². The zero-order valence-electron chi connectivity index (χ0n) is 18.1. The van der Waals surface area contributed by atoms with Crippen LogP contribution in [0.25, 0.3) is 0 Å². The second-order valence-corrected chi connectivity index (χ2v) is 8.99. The van der Waals surface area contributed by atoms with Crippen molar-refractivity contribution in [2.24, 2.45) is 0 Å². The minimum absolute atomic E-state index is 0.107. The molecule has 3 N–H and O–H groups in total. The summed E-state index contributed by atoms with van der Waals surface area (Å²) >= 11 is 1.37. The average Bonchev–Trinajstić information content (AvgIpc) is 2.73. The summed E-state index contributed by atoms with van der Waals surface area (Å²) in [6.45, 7) is 5.89.